The van der Waals surface area contributed by atoms with Crippen LogP contribution >= 0.6 is 11.6 Å². The molecular weight excluding hydrogens is 280 g/mol. The van der Waals surface area contributed by atoms with Crippen LogP contribution in [-0.2, 0) is 9.59 Å². The second-order valence-corrected chi connectivity index (χ2v) is 5.17. The predicted molar refractivity (Wildman–Crippen MR) is 75.7 cm³/mol. The Bertz CT molecular complexity index is 507. The van der Waals surface area contributed by atoms with Gasteiger partial charge in [0.05, 0.1) is 11.6 Å². The molecule has 0 aromatic heterocycles. The smallest absolute Gasteiger partial charge is 0.242 e. The largest absolute Gasteiger partial charge is 0.487 e. The minimum Gasteiger partial charge on any atom is -0.487 e. The quantitative estimate of drug-likeness (QED) is 0.865. The second kappa shape index (κ2) is 6.61. The number of amides is 2. The zero-order valence-electron chi connectivity index (χ0n) is 11.2. The molecule has 2 amide bonds. The Balaban J connectivity index is 1.78. The monoisotopic (exact) mass is 296 g/mol. The van der Waals surface area contributed by atoms with Crippen molar-refractivity contribution in [3.05, 3.63) is 29.3 Å². The number of para-hydroxylation sites is 1. The van der Waals surface area contributed by atoms with Crippen LogP contribution in [-0.4, -0.2) is 30.5 Å². The first kappa shape index (κ1) is 14.7. The maximum atomic E-state index is 11.8. The van der Waals surface area contributed by atoms with Gasteiger partial charge in [0.25, 0.3) is 0 Å². The zero-order valence-corrected chi connectivity index (χ0v) is 11.9. The van der Waals surface area contributed by atoms with Gasteiger partial charge in [-0.25, -0.2) is 0 Å². The van der Waals surface area contributed by atoms with Gasteiger partial charge in [0.15, 0.2) is 0 Å². The molecule has 0 unspecified atom stereocenters. The molecule has 1 aliphatic rings. The first-order chi connectivity index (χ1) is 9.56. The van der Waals surface area contributed by atoms with Crippen molar-refractivity contribution in [2.75, 3.05) is 6.54 Å². The third-order valence-electron chi connectivity index (χ3n) is 3.04. The van der Waals surface area contributed by atoms with Gasteiger partial charge >= 0.3 is 0 Å². The van der Waals surface area contributed by atoms with Crippen LogP contribution in [0.4, 0.5) is 0 Å². The maximum absolute atomic E-state index is 11.8. The SMILES string of the molecule is C[C@@H](CNC(=O)[C@H]1CCC(=O)N1)Oc1ccccc1Cl. The molecule has 1 aromatic carbocycles. The van der Waals surface area contributed by atoms with E-state index in [2.05, 4.69) is 10.6 Å². The predicted octanol–water partition coefficient (Wildman–Crippen LogP) is 1.50. The van der Waals surface area contributed by atoms with Crippen molar-refractivity contribution < 1.29 is 14.3 Å². The summed E-state index contributed by atoms with van der Waals surface area (Å²) in [5.41, 5.74) is 0. The summed E-state index contributed by atoms with van der Waals surface area (Å²) in [5.74, 6) is 0.334. The molecule has 0 saturated carbocycles. The molecule has 0 spiro atoms. The summed E-state index contributed by atoms with van der Waals surface area (Å²) in [6, 6.07) is 6.76. The Morgan fingerprint density at radius 2 is 2.30 bits per heavy atom. The fraction of sp³-hybridized carbons (Fsp3) is 0.429. The van der Waals surface area contributed by atoms with Crippen molar-refractivity contribution in [2.45, 2.75) is 31.9 Å². The van der Waals surface area contributed by atoms with E-state index < -0.39 is 6.04 Å². The molecular formula is C14H17ClN2O3. The lowest BCUT2D eigenvalue weighted by molar-refractivity contribution is -0.126. The summed E-state index contributed by atoms with van der Waals surface area (Å²) in [4.78, 5) is 22.9. The highest BCUT2D eigenvalue weighted by atomic mass is 35.5. The zero-order chi connectivity index (χ0) is 14.5. The van der Waals surface area contributed by atoms with Crippen LogP contribution in [0.2, 0.25) is 5.02 Å². The summed E-state index contributed by atoms with van der Waals surface area (Å²) in [6.45, 7) is 2.20. The number of benzene rings is 1. The normalized spacial score (nSPS) is 19.3. The van der Waals surface area contributed by atoms with Crippen LogP contribution < -0.4 is 15.4 Å². The van der Waals surface area contributed by atoms with Crippen LogP contribution in [0.25, 0.3) is 0 Å². The number of halogens is 1. The highest BCUT2D eigenvalue weighted by Crippen LogP contribution is 2.24. The molecule has 6 heteroatoms. The Kier molecular flexibility index (Phi) is 4.84. The molecule has 2 rings (SSSR count). The van der Waals surface area contributed by atoms with Gasteiger partial charge in [0.1, 0.15) is 17.9 Å². The Morgan fingerprint density at radius 1 is 1.55 bits per heavy atom. The molecule has 20 heavy (non-hydrogen) atoms. The standard InChI is InChI=1S/C14H17ClN2O3/c1-9(20-12-5-3-2-4-10(12)15)8-16-14(19)11-6-7-13(18)17-11/h2-5,9,11H,6-8H2,1H3,(H,16,19)(H,17,18)/t9-,11+/m0/s1. The van der Waals surface area contributed by atoms with Crippen LogP contribution in [0.15, 0.2) is 24.3 Å². The topological polar surface area (TPSA) is 67.4 Å². The second-order valence-electron chi connectivity index (χ2n) is 4.76. The van der Waals surface area contributed by atoms with E-state index in [0.717, 1.165) is 0 Å². The maximum Gasteiger partial charge on any atom is 0.242 e. The number of carbonyl (C=O) groups excluding carboxylic acids is 2. The van der Waals surface area contributed by atoms with Gasteiger partial charge in [-0.05, 0) is 25.5 Å². The molecule has 2 N–H and O–H groups in total. The van der Waals surface area contributed by atoms with Crippen LogP contribution in [0.1, 0.15) is 19.8 Å². The Labute approximate surface area is 122 Å². The van der Waals surface area contributed by atoms with Crippen molar-refractivity contribution in [3.63, 3.8) is 0 Å². The van der Waals surface area contributed by atoms with Crippen molar-refractivity contribution >= 4 is 23.4 Å². The van der Waals surface area contributed by atoms with E-state index in [-0.39, 0.29) is 17.9 Å². The van der Waals surface area contributed by atoms with Crippen molar-refractivity contribution in [1.29, 1.82) is 0 Å². The van der Waals surface area contributed by atoms with Gasteiger partial charge in [-0.2, -0.15) is 0 Å². The van der Waals surface area contributed by atoms with E-state index in [4.69, 9.17) is 16.3 Å². The first-order valence-corrected chi connectivity index (χ1v) is 6.92. The van der Waals surface area contributed by atoms with Crippen LogP contribution in [0.5, 0.6) is 5.75 Å². The molecule has 5 nitrogen and oxygen atoms in total. The minimum atomic E-state index is -0.421. The molecule has 1 heterocycles. The lowest BCUT2D eigenvalue weighted by atomic mass is 10.2. The molecule has 0 aliphatic carbocycles. The van der Waals surface area contributed by atoms with Crippen LogP contribution in [0.3, 0.4) is 0 Å². The van der Waals surface area contributed by atoms with E-state index >= 15 is 0 Å². The molecule has 2 atom stereocenters. The molecule has 108 valence electrons. The van der Waals surface area contributed by atoms with E-state index in [0.29, 0.717) is 30.2 Å². The fourth-order valence-corrected chi connectivity index (χ4v) is 2.16. The molecule has 1 aliphatic heterocycles. The fourth-order valence-electron chi connectivity index (χ4n) is 1.98. The minimum absolute atomic E-state index is 0.0782. The average molecular weight is 297 g/mol. The molecule has 1 fully saturated rings. The van der Waals surface area contributed by atoms with Gasteiger partial charge in [-0.1, -0.05) is 23.7 Å². The van der Waals surface area contributed by atoms with Gasteiger partial charge in [-0.15, -0.1) is 0 Å². The molecule has 0 radical (unpaired) electrons. The number of hydrogen-bond donors (Lipinski definition) is 2. The number of carbonyl (C=O) groups is 2. The summed E-state index contributed by atoms with van der Waals surface area (Å²) in [7, 11) is 0. The number of hydrogen-bond acceptors (Lipinski definition) is 3. The van der Waals surface area contributed by atoms with Gasteiger partial charge in [-0.3, -0.25) is 9.59 Å². The third kappa shape index (κ3) is 3.87. The van der Waals surface area contributed by atoms with Crippen molar-refractivity contribution in [3.8, 4) is 5.75 Å². The highest BCUT2D eigenvalue weighted by Gasteiger charge is 2.27. The van der Waals surface area contributed by atoms with Gasteiger partial charge in [0.2, 0.25) is 11.8 Å². The van der Waals surface area contributed by atoms with Crippen molar-refractivity contribution in [1.82, 2.24) is 10.6 Å². The van der Waals surface area contributed by atoms with E-state index in [1.165, 1.54) is 0 Å². The molecule has 1 aromatic rings. The first-order valence-electron chi connectivity index (χ1n) is 6.54. The highest BCUT2D eigenvalue weighted by molar-refractivity contribution is 6.32. The third-order valence-corrected chi connectivity index (χ3v) is 3.35. The number of ether oxygens (including phenoxy) is 1. The van der Waals surface area contributed by atoms with Gasteiger partial charge in [0, 0.05) is 6.42 Å². The Hall–Kier alpha value is -1.75. The van der Waals surface area contributed by atoms with E-state index in [1.807, 2.05) is 19.1 Å². The summed E-state index contributed by atoms with van der Waals surface area (Å²) in [6.07, 6.45) is 0.740. The summed E-state index contributed by atoms with van der Waals surface area (Å²) >= 11 is 5.99. The lowest BCUT2D eigenvalue weighted by Crippen LogP contribution is -2.44. The lowest BCUT2D eigenvalue weighted by Gasteiger charge is -2.17. The number of nitrogens with one attached hydrogen (secondary N) is 2. The summed E-state index contributed by atoms with van der Waals surface area (Å²) < 4.78 is 5.65. The number of rotatable bonds is 5. The van der Waals surface area contributed by atoms with E-state index in [1.54, 1.807) is 12.1 Å². The van der Waals surface area contributed by atoms with Crippen LogP contribution in [0, 0.1) is 0 Å². The molecule has 0 bridgehead atoms. The van der Waals surface area contributed by atoms with Crippen molar-refractivity contribution in [2.24, 2.45) is 0 Å². The van der Waals surface area contributed by atoms with Gasteiger partial charge < -0.3 is 15.4 Å². The van der Waals surface area contributed by atoms with E-state index in [9.17, 15) is 9.59 Å². The Morgan fingerprint density at radius 3 is 2.95 bits per heavy atom. The molecule has 1 saturated heterocycles. The average Bonchev–Trinajstić information content (AvgIpc) is 2.85. The summed E-state index contributed by atoms with van der Waals surface area (Å²) in [5, 5.41) is 5.92.